The zero-order chi connectivity index (χ0) is 22.2. The standard InChI is InChI=1S/C24H28N2O4S/c27-22(21(31)16-18-11-5-2-6-12-18)25-19-13-7-8-14-26(23(19)28)20(24(29)30)15-17-9-3-1-4-10-17/h1-6,9-12,19-21,31H,7-8,13-16H2,(H,25,27)(H,29,30)/t19-,20+,21+/m0/s1. The predicted octanol–water partition coefficient (Wildman–Crippen LogP) is 2.72. The Morgan fingerprint density at radius 2 is 1.58 bits per heavy atom. The first-order valence-electron chi connectivity index (χ1n) is 10.6. The molecule has 0 saturated carbocycles. The molecule has 164 valence electrons. The number of thiol groups is 1. The molecule has 0 radical (unpaired) electrons. The van der Waals surface area contributed by atoms with Crippen molar-refractivity contribution in [2.45, 2.75) is 49.4 Å². The van der Waals surface area contributed by atoms with Crippen molar-refractivity contribution in [3.05, 3.63) is 71.8 Å². The molecule has 1 heterocycles. The molecule has 0 spiro atoms. The fourth-order valence-corrected chi connectivity index (χ4v) is 4.16. The number of benzene rings is 2. The Kier molecular flexibility index (Phi) is 8.12. The summed E-state index contributed by atoms with van der Waals surface area (Å²) in [6, 6.07) is 17.1. The van der Waals surface area contributed by atoms with Crippen LogP contribution in [0.4, 0.5) is 0 Å². The van der Waals surface area contributed by atoms with E-state index in [4.69, 9.17) is 0 Å². The Bertz CT molecular complexity index is 891. The van der Waals surface area contributed by atoms with Crippen LogP contribution >= 0.6 is 12.6 Å². The lowest BCUT2D eigenvalue weighted by molar-refractivity contribution is -0.151. The van der Waals surface area contributed by atoms with Crippen LogP contribution in [0.5, 0.6) is 0 Å². The minimum absolute atomic E-state index is 0.228. The highest BCUT2D eigenvalue weighted by Gasteiger charge is 2.36. The van der Waals surface area contributed by atoms with E-state index in [9.17, 15) is 19.5 Å². The van der Waals surface area contributed by atoms with Gasteiger partial charge in [-0.3, -0.25) is 9.59 Å². The van der Waals surface area contributed by atoms with Crippen molar-refractivity contribution in [1.82, 2.24) is 10.2 Å². The molecule has 2 aromatic carbocycles. The number of nitrogens with zero attached hydrogens (tertiary/aromatic N) is 1. The molecule has 0 unspecified atom stereocenters. The number of rotatable bonds is 8. The lowest BCUT2D eigenvalue weighted by atomic mass is 10.0. The highest BCUT2D eigenvalue weighted by Crippen LogP contribution is 2.19. The number of hydrogen-bond donors (Lipinski definition) is 3. The first-order chi connectivity index (χ1) is 15.0. The van der Waals surface area contributed by atoms with Crippen LogP contribution in [0.15, 0.2) is 60.7 Å². The van der Waals surface area contributed by atoms with Gasteiger partial charge < -0.3 is 15.3 Å². The highest BCUT2D eigenvalue weighted by atomic mass is 32.1. The van der Waals surface area contributed by atoms with Gasteiger partial charge in [-0.05, 0) is 36.8 Å². The number of likely N-dealkylation sites (tertiary alicyclic amines) is 1. The van der Waals surface area contributed by atoms with Crippen molar-refractivity contribution in [2.24, 2.45) is 0 Å². The summed E-state index contributed by atoms with van der Waals surface area (Å²) in [5.74, 6) is -1.70. The first-order valence-corrected chi connectivity index (χ1v) is 11.1. The quantitative estimate of drug-likeness (QED) is 0.551. The monoisotopic (exact) mass is 440 g/mol. The van der Waals surface area contributed by atoms with Gasteiger partial charge in [0.25, 0.3) is 0 Å². The van der Waals surface area contributed by atoms with Crippen LogP contribution in [0.1, 0.15) is 30.4 Å². The van der Waals surface area contributed by atoms with E-state index >= 15 is 0 Å². The number of aliphatic carboxylic acids is 1. The van der Waals surface area contributed by atoms with E-state index in [0.29, 0.717) is 25.8 Å². The van der Waals surface area contributed by atoms with E-state index in [0.717, 1.165) is 17.5 Å². The second-order valence-electron chi connectivity index (χ2n) is 7.84. The molecule has 7 heteroatoms. The first kappa shape index (κ1) is 22.9. The van der Waals surface area contributed by atoms with E-state index in [1.54, 1.807) is 0 Å². The molecular formula is C24H28N2O4S. The van der Waals surface area contributed by atoms with Gasteiger partial charge in [-0.1, -0.05) is 60.7 Å². The molecule has 6 nitrogen and oxygen atoms in total. The Hall–Kier alpha value is -2.80. The van der Waals surface area contributed by atoms with Crippen LogP contribution in [-0.4, -0.2) is 51.7 Å². The molecule has 2 N–H and O–H groups in total. The topological polar surface area (TPSA) is 86.7 Å². The molecule has 0 aliphatic carbocycles. The van der Waals surface area contributed by atoms with Gasteiger partial charge in [0.15, 0.2) is 0 Å². The number of carboxylic acids is 1. The maximum Gasteiger partial charge on any atom is 0.326 e. The van der Waals surface area contributed by atoms with E-state index in [1.807, 2.05) is 60.7 Å². The van der Waals surface area contributed by atoms with E-state index in [2.05, 4.69) is 17.9 Å². The summed E-state index contributed by atoms with van der Waals surface area (Å²) in [7, 11) is 0. The summed E-state index contributed by atoms with van der Waals surface area (Å²) in [4.78, 5) is 39.3. The normalized spacial score (nSPS) is 18.7. The molecule has 31 heavy (non-hydrogen) atoms. The number of nitrogens with one attached hydrogen (secondary N) is 1. The molecule has 1 aliphatic heterocycles. The highest BCUT2D eigenvalue weighted by molar-refractivity contribution is 7.81. The van der Waals surface area contributed by atoms with Crippen LogP contribution < -0.4 is 5.32 Å². The van der Waals surface area contributed by atoms with Gasteiger partial charge in [0, 0.05) is 13.0 Å². The summed E-state index contributed by atoms with van der Waals surface area (Å²) in [6.07, 6.45) is 2.61. The van der Waals surface area contributed by atoms with Crippen molar-refractivity contribution in [3.63, 3.8) is 0 Å². The summed E-state index contributed by atoms with van der Waals surface area (Å²) >= 11 is 4.42. The van der Waals surface area contributed by atoms with Crippen LogP contribution in [0.2, 0.25) is 0 Å². The number of carbonyl (C=O) groups is 3. The zero-order valence-electron chi connectivity index (χ0n) is 17.3. The van der Waals surface area contributed by atoms with Crippen LogP contribution in [-0.2, 0) is 27.2 Å². The van der Waals surface area contributed by atoms with Crippen molar-refractivity contribution >= 4 is 30.4 Å². The lowest BCUT2D eigenvalue weighted by Crippen LogP contribution is -2.54. The molecule has 0 aromatic heterocycles. The maximum absolute atomic E-state index is 13.2. The number of carboxylic acid groups (broad SMARTS) is 1. The van der Waals surface area contributed by atoms with Gasteiger partial charge in [0.2, 0.25) is 11.8 Å². The van der Waals surface area contributed by atoms with Crippen molar-refractivity contribution in [1.29, 1.82) is 0 Å². The van der Waals surface area contributed by atoms with Crippen LogP contribution in [0.25, 0.3) is 0 Å². The third kappa shape index (κ3) is 6.34. The van der Waals surface area contributed by atoms with E-state index in [1.165, 1.54) is 4.90 Å². The van der Waals surface area contributed by atoms with Crippen LogP contribution in [0, 0.1) is 0 Å². The fourth-order valence-electron chi connectivity index (χ4n) is 3.87. The zero-order valence-corrected chi connectivity index (χ0v) is 18.2. The van der Waals surface area contributed by atoms with Gasteiger partial charge in [-0.2, -0.15) is 12.6 Å². The van der Waals surface area contributed by atoms with Crippen molar-refractivity contribution in [3.8, 4) is 0 Å². The molecule has 2 amide bonds. The Balaban J connectivity index is 1.69. The van der Waals surface area contributed by atoms with E-state index in [-0.39, 0.29) is 18.2 Å². The summed E-state index contributed by atoms with van der Waals surface area (Å²) in [5, 5.41) is 12.0. The fraction of sp³-hybridized carbons (Fsp3) is 0.375. The summed E-state index contributed by atoms with van der Waals surface area (Å²) < 4.78 is 0. The van der Waals surface area contributed by atoms with Gasteiger partial charge >= 0.3 is 5.97 Å². The Morgan fingerprint density at radius 3 is 2.16 bits per heavy atom. The molecule has 3 atom stereocenters. The largest absolute Gasteiger partial charge is 0.480 e. The molecular weight excluding hydrogens is 412 g/mol. The minimum Gasteiger partial charge on any atom is -0.480 e. The SMILES string of the molecule is O=C(N[C@H]1CCCCN([C@H](Cc2ccccc2)C(=O)O)C1=O)[C@H](S)Cc1ccccc1. The van der Waals surface area contributed by atoms with Gasteiger partial charge in [-0.15, -0.1) is 0 Å². The number of carbonyl (C=O) groups excluding carboxylic acids is 2. The summed E-state index contributed by atoms with van der Waals surface area (Å²) in [6.45, 7) is 0.364. The second kappa shape index (κ2) is 11.0. The third-order valence-corrected chi connectivity index (χ3v) is 5.96. The predicted molar refractivity (Wildman–Crippen MR) is 122 cm³/mol. The number of hydrogen-bond acceptors (Lipinski definition) is 4. The molecule has 1 saturated heterocycles. The smallest absolute Gasteiger partial charge is 0.326 e. The Morgan fingerprint density at radius 1 is 1.00 bits per heavy atom. The minimum atomic E-state index is -1.04. The summed E-state index contributed by atoms with van der Waals surface area (Å²) in [5.41, 5.74) is 1.84. The molecule has 0 bridgehead atoms. The average molecular weight is 441 g/mol. The van der Waals surface area contributed by atoms with Gasteiger partial charge in [0.1, 0.15) is 12.1 Å². The van der Waals surface area contributed by atoms with Crippen molar-refractivity contribution < 1.29 is 19.5 Å². The second-order valence-corrected chi connectivity index (χ2v) is 8.46. The molecule has 1 fully saturated rings. The van der Waals surface area contributed by atoms with Crippen LogP contribution in [0.3, 0.4) is 0 Å². The van der Waals surface area contributed by atoms with E-state index < -0.39 is 23.3 Å². The number of amides is 2. The Labute approximate surface area is 188 Å². The molecule has 3 rings (SSSR count). The third-order valence-electron chi connectivity index (χ3n) is 5.55. The van der Waals surface area contributed by atoms with Crippen molar-refractivity contribution in [2.75, 3.05) is 6.54 Å². The maximum atomic E-state index is 13.2. The van der Waals surface area contributed by atoms with Gasteiger partial charge in [-0.25, -0.2) is 4.79 Å². The average Bonchev–Trinajstić information content (AvgIpc) is 2.95. The van der Waals surface area contributed by atoms with Gasteiger partial charge in [0.05, 0.1) is 5.25 Å². The lowest BCUT2D eigenvalue weighted by Gasteiger charge is -2.30. The molecule has 2 aromatic rings. The molecule has 1 aliphatic rings.